The van der Waals surface area contributed by atoms with E-state index in [0.29, 0.717) is 12.0 Å². The number of rotatable bonds is 6. The Balaban J connectivity index is 1.26. The second-order valence-electron chi connectivity index (χ2n) is 8.96. The number of aromatic nitrogens is 1. The Kier molecular flexibility index (Phi) is 5.90. The molecule has 1 unspecified atom stereocenters. The van der Waals surface area contributed by atoms with Crippen LogP contribution in [0.15, 0.2) is 60.9 Å². The maximum Gasteiger partial charge on any atom is 0.127 e. The Morgan fingerprint density at radius 3 is 2.61 bits per heavy atom. The van der Waals surface area contributed by atoms with Gasteiger partial charge in [0, 0.05) is 31.1 Å². The minimum absolute atomic E-state index is 0.279. The maximum atomic E-state index is 10.7. The molecule has 2 fully saturated rings. The molecule has 2 aromatic carbocycles. The largest absolute Gasteiger partial charge is 0.490 e. The van der Waals surface area contributed by atoms with E-state index in [4.69, 9.17) is 9.47 Å². The number of β-amino-alcohol motifs (C(OH)–C–C–N with tert-alkyl or cyclic N) is 1. The lowest BCUT2D eigenvalue weighted by Gasteiger charge is -2.38. The smallest absolute Gasteiger partial charge is 0.127 e. The monoisotopic (exact) mass is 418 g/mol. The second-order valence-corrected chi connectivity index (χ2v) is 8.96. The van der Waals surface area contributed by atoms with Gasteiger partial charge in [0.15, 0.2) is 0 Å². The first-order chi connectivity index (χ1) is 15.2. The van der Waals surface area contributed by atoms with Gasteiger partial charge in [0.25, 0.3) is 0 Å². The Bertz CT molecular complexity index is 1010. The molecule has 0 saturated carbocycles. The lowest BCUT2D eigenvalue weighted by atomic mass is 9.78. The SMILES string of the molecule is OC(COc1ccc2ccccc2c1-c1ccncc1)CN1CCC2(CCOC2)CC1. The van der Waals surface area contributed by atoms with Crippen LogP contribution in [0.3, 0.4) is 0 Å². The second kappa shape index (κ2) is 8.95. The number of benzene rings is 2. The number of nitrogens with zero attached hydrogens (tertiary/aromatic N) is 2. The number of aliphatic hydroxyl groups is 1. The fourth-order valence-corrected chi connectivity index (χ4v) is 4.98. The van der Waals surface area contributed by atoms with Crippen LogP contribution in [0.2, 0.25) is 0 Å². The molecule has 1 spiro atoms. The van der Waals surface area contributed by atoms with Crippen LogP contribution in [-0.2, 0) is 4.74 Å². The number of piperidine rings is 1. The molecule has 3 aromatic rings. The Morgan fingerprint density at radius 2 is 1.84 bits per heavy atom. The summed E-state index contributed by atoms with van der Waals surface area (Å²) in [4.78, 5) is 6.51. The molecule has 5 heteroatoms. The third-order valence-corrected chi connectivity index (χ3v) is 6.86. The van der Waals surface area contributed by atoms with Crippen LogP contribution in [0.5, 0.6) is 5.75 Å². The van der Waals surface area contributed by atoms with Crippen LogP contribution >= 0.6 is 0 Å². The molecule has 5 rings (SSSR count). The Morgan fingerprint density at radius 1 is 1.03 bits per heavy atom. The van der Waals surface area contributed by atoms with Crippen molar-refractivity contribution in [3.63, 3.8) is 0 Å². The van der Waals surface area contributed by atoms with Crippen LogP contribution in [-0.4, -0.2) is 60.5 Å². The molecule has 162 valence electrons. The molecule has 0 radical (unpaired) electrons. The highest BCUT2D eigenvalue weighted by Gasteiger charge is 2.38. The first kappa shape index (κ1) is 20.4. The van der Waals surface area contributed by atoms with E-state index in [2.05, 4.69) is 28.1 Å². The molecule has 31 heavy (non-hydrogen) atoms. The zero-order valence-electron chi connectivity index (χ0n) is 17.9. The molecule has 2 aliphatic rings. The summed E-state index contributed by atoms with van der Waals surface area (Å²) < 4.78 is 11.8. The topological polar surface area (TPSA) is 54.8 Å². The van der Waals surface area contributed by atoms with Gasteiger partial charge in [-0.3, -0.25) is 4.98 Å². The highest BCUT2D eigenvalue weighted by Crippen LogP contribution is 2.39. The van der Waals surface area contributed by atoms with E-state index >= 15 is 0 Å². The van der Waals surface area contributed by atoms with E-state index < -0.39 is 6.10 Å². The van der Waals surface area contributed by atoms with Crippen LogP contribution in [0, 0.1) is 5.41 Å². The van der Waals surface area contributed by atoms with E-state index in [1.54, 1.807) is 12.4 Å². The van der Waals surface area contributed by atoms with Crippen LogP contribution < -0.4 is 4.74 Å². The molecule has 3 heterocycles. The van der Waals surface area contributed by atoms with Gasteiger partial charge >= 0.3 is 0 Å². The molecule has 1 N–H and O–H groups in total. The number of fused-ring (bicyclic) bond motifs is 1. The fraction of sp³-hybridized carbons (Fsp3) is 0.423. The highest BCUT2D eigenvalue weighted by molar-refractivity contribution is 5.99. The average molecular weight is 419 g/mol. The zero-order chi connectivity index (χ0) is 21.1. The normalized spacial score (nSPS) is 19.6. The van der Waals surface area contributed by atoms with Gasteiger partial charge in [-0.15, -0.1) is 0 Å². The van der Waals surface area contributed by atoms with Crippen molar-refractivity contribution in [2.24, 2.45) is 5.41 Å². The summed E-state index contributed by atoms with van der Waals surface area (Å²) in [7, 11) is 0. The van der Waals surface area contributed by atoms with E-state index in [0.717, 1.165) is 61.4 Å². The molecule has 1 atom stereocenters. The number of aliphatic hydroxyl groups excluding tert-OH is 1. The third kappa shape index (κ3) is 4.45. The van der Waals surface area contributed by atoms with Crippen molar-refractivity contribution >= 4 is 10.8 Å². The van der Waals surface area contributed by atoms with Gasteiger partial charge in [-0.1, -0.05) is 30.3 Å². The van der Waals surface area contributed by atoms with Gasteiger partial charge in [0.05, 0.1) is 6.61 Å². The van der Waals surface area contributed by atoms with E-state index in [1.807, 2.05) is 30.3 Å². The van der Waals surface area contributed by atoms with Gasteiger partial charge in [-0.25, -0.2) is 0 Å². The van der Waals surface area contributed by atoms with Crippen molar-refractivity contribution in [2.75, 3.05) is 39.5 Å². The minimum Gasteiger partial charge on any atom is -0.490 e. The summed E-state index contributed by atoms with van der Waals surface area (Å²) in [6.07, 6.45) is 6.59. The fourth-order valence-electron chi connectivity index (χ4n) is 4.98. The first-order valence-electron chi connectivity index (χ1n) is 11.3. The van der Waals surface area contributed by atoms with Gasteiger partial charge < -0.3 is 19.5 Å². The zero-order valence-corrected chi connectivity index (χ0v) is 17.9. The summed E-state index contributed by atoms with van der Waals surface area (Å²) in [5.74, 6) is 0.796. The van der Waals surface area contributed by atoms with Crippen LogP contribution in [0.4, 0.5) is 0 Å². The molecular weight excluding hydrogens is 388 g/mol. The van der Waals surface area contributed by atoms with E-state index in [1.165, 1.54) is 11.8 Å². The molecular formula is C26H30N2O3. The molecule has 0 aliphatic carbocycles. The van der Waals surface area contributed by atoms with Crippen molar-refractivity contribution in [1.29, 1.82) is 0 Å². The Labute approximate surface area is 183 Å². The standard InChI is InChI=1S/C26H30N2O3/c29-22(17-28-14-9-26(10-15-28)11-16-30-19-26)18-31-24-6-5-20-3-1-2-4-23(20)25(24)21-7-12-27-13-8-21/h1-8,12-13,22,29H,9-11,14-19H2. The third-order valence-electron chi connectivity index (χ3n) is 6.86. The summed E-state index contributed by atoms with van der Waals surface area (Å²) in [6.45, 7) is 4.79. The maximum absolute atomic E-state index is 10.7. The molecule has 2 saturated heterocycles. The predicted molar refractivity (Wildman–Crippen MR) is 122 cm³/mol. The number of hydrogen-bond donors (Lipinski definition) is 1. The van der Waals surface area contributed by atoms with Crippen LogP contribution in [0.25, 0.3) is 21.9 Å². The summed E-state index contributed by atoms with van der Waals surface area (Å²) in [6, 6.07) is 16.4. The van der Waals surface area contributed by atoms with Crippen molar-refractivity contribution in [3.8, 4) is 16.9 Å². The summed E-state index contributed by atoms with van der Waals surface area (Å²) >= 11 is 0. The minimum atomic E-state index is -0.523. The predicted octanol–water partition coefficient (Wildman–Crippen LogP) is 4.14. The quantitative estimate of drug-likeness (QED) is 0.652. The van der Waals surface area contributed by atoms with Crippen molar-refractivity contribution in [2.45, 2.75) is 25.4 Å². The summed E-state index contributed by atoms with van der Waals surface area (Å²) in [5, 5.41) is 13.0. The molecule has 0 amide bonds. The lowest BCUT2D eigenvalue weighted by molar-refractivity contribution is 0.0320. The van der Waals surface area contributed by atoms with Crippen molar-refractivity contribution < 1.29 is 14.6 Å². The van der Waals surface area contributed by atoms with Gasteiger partial charge in [-0.05, 0) is 72.3 Å². The summed E-state index contributed by atoms with van der Waals surface area (Å²) in [5.41, 5.74) is 2.51. The van der Waals surface area contributed by atoms with Gasteiger partial charge in [0.2, 0.25) is 0 Å². The van der Waals surface area contributed by atoms with Crippen molar-refractivity contribution in [3.05, 3.63) is 60.9 Å². The molecule has 1 aromatic heterocycles. The average Bonchev–Trinajstić information content (AvgIpc) is 3.27. The van der Waals surface area contributed by atoms with Gasteiger partial charge in [0.1, 0.15) is 18.5 Å². The lowest BCUT2D eigenvalue weighted by Crippen LogP contribution is -2.44. The van der Waals surface area contributed by atoms with Crippen LogP contribution in [0.1, 0.15) is 19.3 Å². The van der Waals surface area contributed by atoms with Gasteiger partial charge in [-0.2, -0.15) is 0 Å². The number of likely N-dealkylation sites (tertiary alicyclic amines) is 1. The molecule has 2 aliphatic heterocycles. The Hall–Kier alpha value is -2.47. The van der Waals surface area contributed by atoms with E-state index in [-0.39, 0.29) is 6.61 Å². The molecule has 5 nitrogen and oxygen atoms in total. The first-order valence-corrected chi connectivity index (χ1v) is 11.3. The molecule has 0 bridgehead atoms. The number of hydrogen-bond acceptors (Lipinski definition) is 5. The number of ether oxygens (including phenoxy) is 2. The highest BCUT2D eigenvalue weighted by atomic mass is 16.5. The van der Waals surface area contributed by atoms with E-state index in [9.17, 15) is 5.11 Å². The van der Waals surface area contributed by atoms with Crippen molar-refractivity contribution in [1.82, 2.24) is 9.88 Å². The number of pyridine rings is 1.